The minimum atomic E-state index is 0.290. The van der Waals surface area contributed by atoms with Crippen molar-refractivity contribution in [1.29, 1.82) is 0 Å². The zero-order chi connectivity index (χ0) is 14.2. The third kappa shape index (κ3) is 2.65. The summed E-state index contributed by atoms with van der Waals surface area (Å²) in [6, 6.07) is 4.76. The van der Waals surface area contributed by atoms with Gasteiger partial charge in [-0.05, 0) is 73.6 Å². The van der Waals surface area contributed by atoms with E-state index in [2.05, 4.69) is 22.8 Å². The molecule has 1 amide bonds. The average molecular weight is 303 g/mol. The molecule has 21 heavy (non-hydrogen) atoms. The van der Waals surface area contributed by atoms with Gasteiger partial charge in [0.05, 0.1) is 0 Å². The molecule has 114 valence electrons. The summed E-state index contributed by atoms with van der Waals surface area (Å²) in [6.07, 6.45) is 9.72. The number of carbonyl (C=O) groups excluding carboxylic acids is 1. The van der Waals surface area contributed by atoms with E-state index in [-0.39, 0.29) is 0 Å². The molecule has 5 atom stereocenters. The predicted molar refractivity (Wildman–Crippen MR) is 86.2 cm³/mol. The molecule has 0 saturated heterocycles. The summed E-state index contributed by atoms with van der Waals surface area (Å²) < 4.78 is 0. The Labute approximate surface area is 131 Å². The van der Waals surface area contributed by atoms with Gasteiger partial charge in [0.25, 0.3) is 0 Å². The summed E-state index contributed by atoms with van der Waals surface area (Å²) in [5, 5.41) is 5.48. The molecule has 3 fully saturated rings. The summed E-state index contributed by atoms with van der Waals surface area (Å²) in [5.74, 6) is 3.99. The predicted octanol–water partition coefficient (Wildman–Crippen LogP) is 4.01. The molecule has 1 N–H and O–H groups in total. The van der Waals surface area contributed by atoms with Crippen molar-refractivity contribution in [3.63, 3.8) is 0 Å². The summed E-state index contributed by atoms with van der Waals surface area (Å²) in [4.78, 5) is 13.6. The second-order valence-electron chi connectivity index (χ2n) is 7.26. The highest BCUT2D eigenvalue weighted by atomic mass is 32.1. The molecule has 0 aromatic carbocycles. The maximum atomic E-state index is 12.2. The van der Waals surface area contributed by atoms with Gasteiger partial charge >= 0.3 is 0 Å². The number of fused-ring (bicyclic) bond motifs is 5. The first-order chi connectivity index (χ1) is 10.3. The Hall–Kier alpha value is -0.830. The van der Waals surface area contributed by atoms with Gasteiger partial charge in [-0.1, -0.05) is 12.5 Å². The molecule has 3 saturated carbocycles. The quantitative estimate of drug-likeness (QED) is 0.875. The number of aryl methyl sites for hydroxylation is 1. The molecule has 3 aliphatic rings. The minimum Gasteiger partial charge on any atom is -0.353 e. The number of amides is 1. The fourth-order valence-corrected chi connectivity index (χ4v) is 6.14. The molecule has 4 rings (SSSR count). The van der Waals surface area contributed by atoms with Crippen molar-refractivity contribution < 1.29 is 4.79 Å². The Kier molecular flexibility index (Phi) is 3.78. The fraction of sp³-hybridized carbons (Fsp3) is 0.722. The Morgan fingerprint density at radius 2 is 2.14 bits per heavy atom. The van der Waals surface area contributed by atoms with E-state index in [1.54, 1.807) is 11.3 Å². The van der Waals surface area contributed by atoms with Crippen LogP contribution in [0.2, 0.25) is 0 Å². The van der Waals surface area contributed by atoms with E-state index in [1.807, 2.05) is 0 Å². The number of carbonyl (C=O) groups is 1. The first-order valence-electron chi connectivity index (χ1n) is 8.63. The summed E-state index contributed by atoms with van der Waals surface area (Å²) >= 11 is 1.80. The van der Waals surface area contributed by atoms with Crippen LogP contribution in [0.3, 0.4) is 0 Å². The number of nitrogens with one attached hydrogen (secondary N) is 1. The highest BCUT2D eigenvalue weighted by molar-refractivity contribution is 7.09. The Balaban J connectivity index is 1.24. The maximum absolute atomic E-state index is 12.2. The monoisotopic (exact) mass is 303 g/mol. The van der Waals surface area contributed by atoms with Crippen molar-refractivity contribution in [1.82, 2.24) is 5.32 Å². The van der Waals surface area contributed by atoms with Crippen LogP contribution in [0, 0.1) is 23.7 Å². The number of rotatable bonds is 5. The van der Waals surface area contributed by atoms with Crippen LogP contribution in [0.25, 0.3) is 0 Å². The molecule has 2 nitrogen and oxygen atoms in total. The van der Waals surface area contributed by atoms with E-state index in [1.165, 1.54) is 37.0 Å². The SMILES string of the molecule is O=C(CCCc1cccs1)NC1CC2CC1C1CCCC21. The molecular weight excluding hydrogens is 278 g/mol. The van der Waals surface area contributed by atoms with Crippen molar-refractivity contribution in [2.24, 2.45) is 23.7 Å². The largest absolute Gasteiger partial charge is 0.353 e. The first-order valence-corrected chi connectivity index (χ1v) is 9.51. The molecule has 0 spiro atoms. The van der Waals surface area contributed by atoms with Crippen LogP contribution in [0.5, 0.6) is 0 Å². The lowest BCUT2D eigenvalue weighted by Crippen LogP contribution is -2.42. The van der Waals surface area contributed by atoms with Gasteiger partial charge in [0.15, 0.2) is 0 Å². The number of thiophene rings is 1. The molecule has 0 aliphatic heterocycles. The van der Waals surface area contributed by atoms with Crippen LogP contribution in [0.15, 0.2) is 17.5 Å². The lowest BCUT2D eigenvalue weighted by atomic mass is 9.79. The van der Waals surface area contributed by atoms with Crippen molar-refractivity contribution in [3.05, 3.63) is 22.4 Å². The summed E-state index contributed by atoms with van der Waals surface area (Å²) in [5.41, 5.74) is 0. The molecule has 0 radical (unpaired) electrons. The van der Waals surface area contributed by atoms with Gasteiger partial charge < -0.3 is 5.32 Å². The van der Waals surface area contributed by atoms with Crippen LogP contribution >= 0.6 is 11.3 Å². The summed E-state index contributed by atoms with van der Waals surface area (Å²) in [7, 11) is 0. The molecule has 1 heterocycles. The first kappa shape index (κ1) is 13.8. The average Bonchev–Trinajstić information content (AvgIpc) is 3.21. The van der Waals surface area contributed by atoms with Crippen LogP contribution in [-0.4, -0.2) is 11.9 Å². The van der Waals surface area contributed by atoms with Crippen LogP contribution in [-0.2, 0) is 11.2 Å². The second-order valence-corrected chi connectivity index (χ2v) is 8.29. The van der Waals surface area contributed by atoms with Gasteiger partial charge in [-0.2, -0.15) is 0 Å². The van der Waals surface area contributed by atoms with Crippen LogP contribution < -0.4 is 5.32 Å². The van der Waals surface area contributed by atoms with E-state index in [0.717, 1.165) is 36.5 Å². The Morgan fingerprint density at radius 3 is 3.00 bits per heavy atom. The smallest absolute Gasteiger partial charge is 0.220 e. The number of hydrogen-bond acceptors (Lipinski definition) is 2. The van der Waals surface area contributed by atoms with Crippen molar-refractivity contribution in [2.75, 3.05) is 0 Å². The van der Waals surface area contributed by atoms with Gasteiger partial charge in [0, 0.05) is 17.3 Å². The van der Waals surface area contributed by atoms with Crippen molar-refractivity contribution in [3.8, 4) is 0 Å². The molecule has 1 aromatic heterocycles. The normalized spacial score (nSPS) is 36.9. The Bertz CT molecular complexity index is 497. The lowest BCUT2D eigenvalue weighted by Gasteiger charge is -2.32. The van der Waals surface area contributed by atoms with Crippen LogP contribution in [0.1, 0.15) is 49.8 Å². The van der Waals surface area contributed by atoms with Gasteiger partial charge in [0.2, 0.25) is 5.91 Å². The van der Waals surface area contributed by atoms with Gasteiger partial charge in [-0.25, -0.2) is 0 Å². The van der Waals surface area contributed by atoms with Gasteiger partial charge in [0.1, 0.15) is 0 Å². The van der Waals surface area contributed by atoms with Crippen molar-refractivity contribution >= 4 is 17.2 Å². The molecule has 5 unspecified atom stereocenters. The van der Waals surface area contributed by atoms with Crippen molar-refractivity contribution in [2.45, 2.75) is 57.4 Å². The molecule has 1 aromatic rings. The molecule has 3 heteroatoms. The Morgan fingerprint density at radius 1 is 1.24 bits per heavy atom. The third-order valence-electron chi connectivity index (χ3n) is 6.18. The molecular formula is C18H25NOS. The maximum Gasteiger partial charge on any atom is 0.220 e. The topological polar surface area (TPSA) is 29.1 Å². The highest BCUT2D eigenvalue weighted by Gasteiger charge is 2.53. The minimum absolute atomic E-state index is 0.290. The standard InChI is InChI=1S/C18H25NOS/c20-18(8-1-4-13-5-3-9-21-13)19-17-11-12-10-16(17)15-7-2-6-14(12)15/h3,5,9,12,14-17H,1-2,4,6-8,10-11H2,(H,19,20). The second kappa shape index (κ2) is 5.75. The van der Waals surface area contributed by atoms with Gasteiger partial charge in [-0.15, -0.1) is 11.3 Å². The van der Waals surface area contributed by atoms with E-state index >= 15 is 0 Å². The van der Waals surface area contributed by atoms with Crippen LogP contribution in [0.4, 0.5) is 0 Å². The van der Waals surface area contributed by atoms with E-state index in [9.17, 15) is 4.79 Å². The zero-order valence-corrected chi connectivity index (χ0v) is 13.4. The fourth-order valence-electron chi connectivity index (χ4n) is 5.39. The van der Waals surface area contributed by atoms with Gasteiger partial charge in [-0.3, -0.25) is 4.79 Å². The molecule has 2 bridgehead atoms. The van der Waals surface area contributed by atoms with E-state index < -0.39 is 0 Å². The number of hydrogen-bond donors (Lipinski definition) is 1. The summed E-state index contributed by atoms with van der Waals surface area (Å²) in [6.45, 7) is 0. The zero-order valence-electron chi connectivity index (χ0n) is 12.6. The van der Waals surface area contributed by atoms with E-state index in [4.69, 9.17) is 0 Å². The lowest BCUT2D eigenvalue weighted by molar-refractivity contribution is -0.122. The third-order valence-corrected chi connectivity index (χ3v) is 7.12. The van der Waals surface area contributed by atoms with E-state index in [0.29, 0.717) is 18.4 Å². The molecule has 3 aliphatic carbocycles. The highest BCUT2D eigenvalue weighted by Crippen LogP contribution is 2.58.